The second kappa shape index (κ2) is 1.45. The molecule has 1 nitrogen and oxygen atoms in total. The van der Waals surface area contributed by atoms with Crippen molar-refractivity contribution >= 4 is 0 Å². The van der Waals surface area contributed by atoms with E-state index >= 15 is 0 Å². The summed E-state index contributed by atoms with van der Waals surface area (Å²) in [6.07, 6.45) is 0.664. The van der Waals surface area contributed by atoms with Gasteiger partial charge in [-0.2, -0.15) is 0 Å². The van der Waals surface area contributed by atoms with Crippen LogP contribution in [-0.4, -0.2) is 19.0 Å². The first-order valence-corrected chi connectivity index (χ1v) is 3.31. The molecule has 0 unspecified atom stereocenters. The highest BCUT2D eigenvalue weighted by Gasteiger charge is 2.67. The summed E-state index contributed by atoms with van der Waals surface area (Å²) in [6, 6.07) is 0. The number of alkyl halides is 2. The van der Waals surface area contributed by atoms with Crippen LogP contribution in [-0.2, 0) is 0 Å². The highest BCUT2D eigenvalue weighted by molar-refractivity contribution is 5.08. The molecule has 0 aromatic heterocycles. The monoisotopic (exact) mass is 133 g/mol. The third-order valence-electron chi connectivity index (χ3n) is 2.36. The fourth-order valence-electron chi connectivity index (χ4n) is 1.65. The Morgan fingerprint density at radius 2 is 2.11 bits per heavy atom. The molecule has 1 aliphatic carbocycles. The van der Waals surface area contributed by atoms with Gasteiger partial charge in [0.2, 0.25) is 0 Å². The van der Waals surface area contributed by atoms with Crippen LogP contribution in [0.4, 0.5) is 8.78 Å². The molecule has 1 N–H and O–H groups in total. The summed E-state index contributed by atoms with van der Waals surface area (Å²) >= 11 is 0. The van der Waals surface area contributed by atoms with E-state index in [0.717, 1.165) is 6.54 Å². The van der Waals surface area contributed by atoms with E-state index in [9.17, 15) is 8.78 Å². The summed E-state index contributed by atoms with van der Waals surface area (Å²) in [5.74, 6) is -2.92. The fraction of sp³-hybridized carbons (Fsp3) is 1.00. The summed E-state index contributed by atoms with van der Waals surface area (Å²) in [5.41, 5.74) is 0. The average Bonchev–Trinajstić information content (AvgIpc) is 2.39. The summed E-state index contributed by atoms with van der Waals surface area (Å²) < 4.78 is 24.9. The minimum atomic E-state index is -2.32. The second-order valence-corrected chi connectivity index (χ2v) is 2.88. The molecule has 2 rings (SSSR count). The lowest BCUT2D eigenvalue weighted by atomic mass is 10.2. The van der Waals surface area contributed by atoms with Crippen molar-refractivity contribution in [3.63, 3.8) is 0 Å². The quantitative estimate of drug-likeness (QED) is 0.516. The number of hydrogen-bond donors (Lipinski definition) is 1. The lowest BCUT2D eigenvalue weighted by Crippen LogP contribution is -2.23. The molecule has 3 heteroatoms. The van der Waals surface area contributed by atoms with Crippen LogP contribution in [0.2, 0.25) is 0 Å². The largest absolute Gasteiger partial charge is 0.316 e. The van der Waals surface area contributed by atoms with Gasteiger partial charge in [0.25, 0.3) is 5.92 Å². The molecule has 2 fully saturated rings. The van der Waals surface area contributed by atoms with E-state index in [1.165, 1.54) is 0 Å². The first-order valence-electron chi connectivity index (χ1n) is 3.31. The van der Waals surface area contributed by atoms with Crippen molar-refractivity contribution in [2.24, 2.45) is 11.8 Å². The SMILES string of the molecule is FC1(F)[C@@H]2CCNC[C@H]21. The van der Waals surface area contributed by atoms with E-state index in [4.69, 9.17) is 0 Å². The molecule has 52 valence electrons. The molecule has 1 saturated heterocycles. The molecule has 0 amide bonds. The third-order valence-corrected chi connectivity index (χ3v) is 2.36. The molecule has 0 radical (unpaired) electrons. The van der Waals surface area contributed by atoms with Gasteiger partial charge in [0, 0.05) is 18.4 Å². The minimum absolute atomic E-state index is 0.279. The Bertz CT molecular complexity index is 121. The van der Waals surface area contributed by atoms with Crippen molar-refractivity contribution in [1.29, 1.82) is 0 Å². The second-order valence-electron chi connectivity index (χ2n) is 2.88. The van der Waals surface area contributed by atoms with Crippen molar-refractivity contribution in [3.05, 3.63) is 0 Å². The number of piperidine rings is 1. The molecular weight excluding hydrogens is 124 g/mol. The maximum absolute atomic E-state index is 12.5. The Morgan fingerprint density at radius 1 is 1.33 bits per heavy atom. The number of rotatable bonds is 0. The van der Waals surface area contributed by atoms with Gasteiger partial charge in [0.1, 0.15) is 0 Å². The zero-order valence-electron chi connectivity index (χ0n) is 5.03. The summed E-state index contributed by atoms with van der Waals surface area (Å²) in [5, 5.41) is 2.95. The van der Waals surface area contributed by atoms with Crippen molar-refractivity contribution in [2.75, 3.05) is 13.1 Å². The summed E-state index contributed by atoms with van der Waals surface area (Å²) in [7, 11) is 0. The topological polar surface area (TPSA) is 12.0 Å². The van der Waals surface area contributed by atoms with Crippen molar-refractivity contribution in [2.45, 2.75) is 12.3 Å². The molecule has 0 spiro atoms. The van der Waals surface area contributed by atoms with Gasteiger partial charge in [-0.05, 0) is 13.0 Å². The number of nitrogens with one attached hydrogen (secondary N) is 1. The van der Waals surface area contributed by atoms with Crippen LogP contribution < -0.4 is 5.32 Å². The van der Waals surface area contributed by atoms with E-state index in [1.807, 2.05) is 0 Å². The summed E-state index contributed by atoms with van der Waals surface area (Å²) in [4.78, 5) is 0. The molecule has 2 atom stereocenters. The Hall–Kier alpha value is -0.180. The molecule has 2 aliphatic rings. The maximum atomic E-state index is 12.5. The van der Waals surface area contributed by atoms with Gasteiger partial charge in [0.15, 0.2) is 0 Å². The molecule has 9 heavy (non-hydrogen) atoms. The molecular formula is C6H9F2N. The number of halogens is 2. The van der Waals surface area contributed by atoms with Crippen LogP contribution in [0.5, 0.6) is 0 Å². The van der Waals surface area contributed by atoms with E-state index in [2.05, 4.69) is 5.32 Å². The average molecular weight is 133 g/mol. The van der Waals surface area contributed by atoms with Gasteiger partial charge in [0.05, 0.1) is 0 Å². The third kappa shape index (κ3) is 0.611. The van der Waals surface area contributed by atoms with Gasteiger partial charge >= 0.3 is 0 Å². The van der Waals surface area contributed by atoms with E-state index in [1.54, 1.807) is 0 Å². The Morgan fingerprint density at radius 3 is 2.56 bits per heavy atom. The van der Waals surface area contributed by atoms with Gasteiger partial charge in [-0.25, -0.2) is 8.78 Å². The predicted molar refractivity (Wildman–Crippen MR) is 29.4 cm³/mol. The molecule has 0 aromatic carbocycles. The predicted octanol–water partition coefficient (Wildman–Crippen LogP) is 0.861. The Balaban J connectivity index is 2.06. The Labute approximate surface area is 52.4 Å². The highest BCUT2D eigenvalue weighted by Crippen LogP contribution is 2.57. The smallest absolute Gasteiger partial charge is 0.255 e. The number of fused-ring (bicyclic) bond motifs is 1. The number of hydrogen-bond acceptors (Lipinski definition) is 1. The van der Waals surface area contributed by atoms with Gasteiger partial charge in [-0.3, -0.25) is 0 Å². The van der Waals surface area contributed by atoms with Crippen molar-refractivity contribution in [3.8, 4) is 0 Å². The van der Waals surface area contributed by atoms with Crippen LogP contribution in [0.25, 0.3) is 0 Å². The molecule has 1 heterocycles. The molecule has 0 bridgehead atoms. The highest BCUT2D eigenvalue weighted by atomic mass is 19.3. The van der Waals surface area contributed by atoms with Crippen LogP contribution in [0.15, 0.2) is 0 Å². The standard InChI is InChI=1S/C6H9F2N/c7-6(8)4-1-2-9-3-5(4)6/h4-5,9H,1-3H2/t4-,5-/m1/s1. The van der Waals surface area contributed by atoms with Crippen LogP contribution in [0.3, 0.4) is 0 Å². The van der Waals surface area contributed by atoms with Gasteiger partial charge < -0.3 is 5.32 Å². The van der Waals surface area contributed by atoms with Crippen molar-refractivity contribution in [1.82, 2.24) is 5.32 Å². The first-order chi connectivity index (χ1) is 4.23. The normalized spacial score (nSPS) is 46.0. The zero-order valence-corrected chi connectivity index (χ0v) is 5.03. The lowest BCUT2D eigenvalue weighted by Gasteiger charge is -2.05. The lowest BCUT2D eigenvalue weighted by molar-refractivity contribution is 0.0868. The first kappa shape index (κ1) is 5.59. The van der Waals surface area contributed by atoms with E-state index in [-0.39, 0.29) is 11.8 Å². The maximum Gasteiger partial charge on any atom is 0.255 e. The van der Waals surface area contributed by atoms with Crippen molar-refractivity contribution < 1.29 is 8.78 Å². The fourth-order valence-corrected chi connectivity index (χ4v) is 1.65. The molecule has 0 aromatic rings. The minimum Gasteiger partial charge on any atom is -0.316 e. The molecule has 1 aliphatic heterocycles. The van der Waals surface area contributed by atoms with Gasteiger partial charge in [-0.1, -0.05) is 0 Å². The van der Waals surface area contributed by atoms with E-state index < -0.39 is 5.92 Å². The molecule has 1 saturated carbocycles. The van der Waals surface area contributed by atoms with Crippen LogP contribution in [0, 0.1) is 11.8 Å². The van der Waals surface area contributed by atoms with E-state index in [0.29, 0.717) is 13.0 Å². The zero-order chi connectivity index (χ0) is 6.48. The van der Waals surface area contributed by atoms with Gasteiger partial charge in [-0.15, -0.1) is 0 Å². The summed E-state index contributed by atoms with van der Waals surface area (Å²) in [6.45, 7) is 1.30. The van der Waals surface area contributed by atoms with Crippen LogP contribution >= 0.6 is 0 Å². The Kier molecular flexibility index (Phi) is 0.903. The van der Waals surface area contributed by atoms with Crippen LogP contribution in [0.1, 0.15) is 6.42 Å².